The minimum atomic E-state index is -1.22. The molecule has 0 aromatic carbocycles. The van der Waals surface area contributed by atoms with E-state index in [1.165, 1.54) is 0 Å². The Balaban J connectivity index is 2.72. The molecule has 1 saturated heterocycles. The lowest BCUT2D eigenvalue weighted by Gasteiger charge is -2.42. The number of ether oxygens (including phenoxy) is 1. The van der Waals surface area contributed by atoms with Gasteiger partial charge < -0.3 is 25.4 Å². The van der Waals surface area contributed by atoms with Gasteiger partial charge in [0.05, 0.1) is 12.6 Å². The molecular weight excluding hydrogens is 162 g/mol. The van der Waals surface area contributed by atoms with Gasteiger partial charge in [0.1, 0.15) is 11.7 Å². The van der Waals surface area contributed by atoms with Crippen LogP contribution in [0.15, 0.2) is 0 Å². The molecule has 4 atom stereocenters. The first kappa shape index (κ1) is 9.88. The zero-order valence-electron chi connectivity index (χ0n) is 7.19. The van der Waals surface area contributed by atoms with Gasteiger partial charge in [-0.05, 0) is 14.0 Å². The zero-order valence-corrected chi connectivity index (χ0v) is 7.19. The molecule has 1 aliphatic heterocycles. The van der Waals surface area contributed by atoms with Crippen molar-refractivity contribution in [3.63, 3.8) is 0 Å². The molecule has 0 aromatic rings. The van der Waals surface area contributed by atoms with E-state index >= 15 is 0 Å². The van der Waals surface area contributed by atoms with Gasteiger partial charge in [0.15, 0.2) is 6.29 Å². The molecule has 12 heavy (non-hydrogen) atoms. The van der Waals surface area contributed by atoms with Gasteiger partial charge in [-0.1, -0.05) is 0 Å². The molecule has 1 fully saturated rings. The summed E-state index contributed by atoms with van der Waals surface area (Å²) in [5.74, 6) is 0. The lowest BCUT2D eigenvalue weighted by atomic mass is 9.90. The number of rotatable bonds is 1. The van der Waals surface area contributed by atoms with Crippen molar-refractivity contribution in [2.24, 2.45) is 0 Å². The minimum Gasteiger partial charge on any atom is -0.386 e. The molecular formula is C7H15NO4. The number of likely N-dealkylation sites (N-methyl/N-ethyl adjacent to an activating group) is 1. The number of aliphatic hydroxyl groups is 3. The summed E-state index contributed by atoms with van der Waals surface area (Å²) in [6, 6.07) is -0.568. The molecule has 5 heteroatoms. The van der Waals surface area contributed by atoms with E-state index in [9.17, 15) is 10.2 Å². The summed E-state index contributed by atoms with van der Waals surface area (Å²) in [5, 5.41) is 30.9. The highest BCUT2D eigenvalue weighted by molar-refractivity contribution is 4.96. The van der Waals surface area contributed by atoms with E-state index in [-0.39, 0.29) is 6.61 Å². The minimum absolute atomic E-state index is 0.0106. The number of nitrogens with one attached hydrogen (secondary N) is 1. The van der Waals surface area contributed by atoms with E-state index < -0.39 is 24.0 Å². The van der Waals surface area contributed by atoms with Crippen LogP contribution < -0.4 is 5.32 Å². The first-order chi connectivity index (χ1) is 5.49. The normalized spacial score (nSPS) is 49.2. The Morgan fingerprint density at radius 2 is 2.08 bits per heavy atom. The fraction of sp³-hybridized carbons (Fsp3) is 1.00. The van der Waals surface area contributed by atoms with Crippen molar-refractivity contribution < 1.29 is 20.1 Å². The van der Waals surface area contributed by atoms with Gasteiger partial charge in [0.25, 0.3) is 0 Å². The van der Waals surface area contributed by atoms with Gasteiger partial charge in [-0.15, -0.1) is 0 Å². The summed E-state index contributed by atoms with van der Waals surface area (Å²) in [7, 11) is 1.61. The van der Waals surface area contributed by atoms with Crippen molar-refractivity contribution in [3.05, 3.63) is 0 Å². The summed E-state index contributed by atoms with van der Waals surface area (Å²) >= 11 is 0. The first-order valence-electron chi connectivity index (χ1n) is 3.86. The van der Waals surface area contributed by atoms with Crippen molar-refractivity contribution in [2.75, 3.05) is 13.7 Å². The molecule has 1 heterocycles. The van der Waals surface area contributed by atoms with Crippen LogP contribution in [0.5, 0.6) is 0 Å². The Morgan fingerprint density at radius 3 is 2.50 bits per heavy atom. The topological polar surface area (TPSA) is 82.0 Å². The lowest BCUT2D eigenvalue weighted by molar-refractivity contribution is -0.248. The SMILES string of the molecule is CN[C@H]1[C@@H](O)C(O)OCC1(C)O. The second-order valence-corrected chi connectivity index (χ2v) is 3.32. The quantitative estimate of drug-likeness (QED) is 0.374. The standard InChI is InChI=1S/C7H15NO4/c1-7(11)3-12-6(10)4(9)5(7)8-2/h4-6,8-11H,3H2,1-2H3/t4-,5+,6?,7?/m1/s1. The van der Waals surface area contributed by atoms with Crippen LogP contribution in [0.1, 0.15) is 6.92 Å². The third-order valence-electron chi connectivity index (χ3n) is 2.16. The van der Waals surface area contributed by atoms with Gasteiger partial charge in [0, 0.05) is 0 Å². The second kappa shape index (κ2) is 3.27. The largest absolute Gasteiger partial charge is 0.386 e. The highest BCUT2D eigenvalue weighted by Crippen LogP contribution is 2.22. The molecule has 5 nitrogen and oxygen atoms in total. The van der Waals surface area contributed by atoms with Crippen LogP contribution in [0, 0.1) is 0 Å². The predicted molar refractivity (Wildman–Crippen MR) is 41.4 cm³/mol. The maximum atomic E-state index is 9.66. The van der Waals surface area contributed by atoms with Crippen molar-refractivity contribution in [3.8, 4) is 0 Å². The van der Waals surface area contributed by atoms with Crippen LogP contribution >= 0.6 is 0 Å². The highest BCUT2D eigenvalue weighted by atomic mass is 16.6. The van der Waals surface area contributed by atoms with Gasteiger partial charge in [-0.25, -0.2) is 0 Å². The van der Waals surface area contributed by atoms with E-state index in [4.69, 9.17) is 9.84 Å². The maximum absolute atomic E-state index is 9.66. The first-order valence-corrected chi connectivity index (χ1v) is 3.86. The van der Waals surface area contributed by atoms with E-state index in [0.717, 1.165) is 0 Å². The van der Waals surface area contributed by atoms with Crippen LogP contribution in [0.2, 0.25) is 0 Å². The summed E-state index contributed by atoms with van der Waals surface area (Å²) in [6.45, 7) is 1.56. The monoisotopic (exact) mass is 177 g/mol. The fourth-order valence-corrected chi connectivity index (χ4v) is 1.46. The second-order valence-electron chi connectivity index (χ2n) is 3.32. The zero-order chi connectivity index (χ0) is 9.35. The van der Waals surface area contributed by atoms with E-state index in [1.807, 2.05) is 0 Å². The molecule has 2 unspecified atom stereocenters. The number of hydrogen-bond donors (Lipinski definition) is 4. The Bertz CT molecular complexity index is 161. The maximum Gasteiger partial charge on any atom is 0.182 e. The average Bonchev–Trinajstić information content (AvgIpc) is 1.99. The fourth-order valence-electron chi connectivity index (χ4n) is 1.46. The Labute approximate surface area is 71.0 Å². The van der Waals surface area contributed by atoms with Crippen LogP contribution in [-0.4, -0.2) is 53.0 Å². The average molecular weight is 177 g/mol. The Kier molecular flexibility index (Phi) is 2.70. The van der Waals surface area contributed by atoms with Crippen LogP contribution in [0.25, 0.3) is 0 Å². The van der Waals surface area contributed by atoms with Gasteiger partial charge in [-0.2, -0.15) is 0 Å². The summed E-state index contributed by atoms with van der Waals surface area (Å²) in [5.41, 5.74) is -1.15. The van der Waals surface area contributed by atoms with Crippen molar-refractivity contribution >= 4 is 0 Å². The van der Waals surface area contributed by atoms with Crippen LogP contribution in [0.4, 0.5) is 0 Å². The van der Waals surface area contributed by atoms with Gasteiger partial charge >= 0.3 is 0 Å². The number of aliphatic hydroxyl groups excluding tert-OH is 2. The summed E-state index contributed by atoms with van der Waals surface area (Å²) in [4.78, 5) is 0. The molecule has 0 aromatic heterocycles. The molecule has 4 N–H and O–H groups in total. The molecule has 1 rings (SSSR count). The van der Waals surface area contributed by atoms with E-state index in [2.05, 4.69) is 5.32 Å². The summed E-state index contributed by atoms with van der Waals surface area (Å²) < 4.78 is 4.75. The molecule has 0 bridgehead atoms. The Morgan fingerprint density at radius 1 is 1.50 bits per heavy atom. The van der Waals surface area contributed by atoms with E-state index in [0.29, 0.717) is 0 Å². The molecule has 0 saturated carbocycles. The third-order valence-corrected chi connectivity index (χ3v) is 2.16. The highest BCUT2D eigenvalue weighted by Gasteiger charge is 2.44. The number of hydrogen-bond acceptors (Lipinski definition) is 5. The van der Waals surface area contributed by atoms with Crippen molar-refractivity contribution in [1.29, 1.82) is 0 Å². The van der Waals surface area contributed by atoms with Crippen LogP contribution in [-0.2, 0) is 4.74 Å². The Hall–Kier alpha value is -0.200. The molecule has 0 spiro atoms. The molecule has 72 valence electrons. The molecule has 0 aliphatic carbocycles. The van der Waals surface area contributed by atoms with Gasteiger partial charge in [-0.3, -0.25) is 0 Å². The van der Waals surface area contributed by atoms with Crippen LogP contribution in [0.3, 0.4) is 0 Å². The van der Waals surface area contributed by atoms with Gasteiger partial charge in [0.2, 0.25) is 0 Å². The molecule has 0 amide bonds. The van der Waals surface area contributed by atoms with Crippen molar-refractivity contribution in [1.82, 2.24) is 5.32 Å². The lowest BCUT2D eigenvalue weighted by Crippen LogP contribution is -2.64. The van der Waals surface area contributed by atoms with Crippen molar-refractivity contribution in [2.45, 2.75) is 31.0 Å². The molecule has 1 aliphatic rings. The predicted octanol–water partition coefficient (Wildman–Crippen LogP) is -1.97. The smallest absolute Gasteiger partial charge is 0.182 e. The van der Waals surface area contributed by atoms with E-state index in [1.54, 1.807) is 14.0 Å². The molecule has 0 radical (unpaired) electrons. The third kappa shape index (κ3) is 1.60. The summed E-state index contributed by atoms with van der Waals surface area (Å²) in [6.07, 6.45) is -2.32.